The zero-order chi connectivity index (χ0) is 18.6. The molecule has 1 heterocycles. The van der Waals surface area contributed by atoms with E-state index in [1.165, 1.54) is 23.1 Å². The van der Waals surface area contributed by atoms with Gasteiger partial charge in [0, 0.05) is 10.7 Å². The monoisotopic (exact) mass is 399 g/mol. The number of carbonyl (C=O) groups is 2. The molecule has 1 aromatic carbocycles. The number of anilines is 2. The highest BCUT2D eigenvalue weighted by Crippen LogP contribution is 2.34. The Morgan fingerprint density at radius 3 is 2.68 bits per heavy atom. The zero-order valence-electron chi connectivity index (χ0n) is 13.9. The van der Waals surface area contributed by atoms with Crippen molar-refractivity contribution in [3.8, 4) is 0 Å². The molecule has 2 rings (SSSR count). The van der Waals surface area contributed by atoms with Crippen LogP contribution >= 0.6 is 34.7 Å². The van der Waals surface area contributed by atoms with Gasteiger partial charge in [-0.05, 0) is 30.5 Å². The number of hydrogen-bond donors (Lipinski definition) is 3. The number of amides is 3. The fourth-order valence-electron chi connectivity index (χ4n) is 1.96. The Kier molecular flexibility index (Phi) is 6.63. The molecule has 0 radical (unpaired) electrons. The molecule has 0 spiro atoms. The molecule has 0 aliphatic heterocycles. The number of aromatic nitrogens is 2. The third-order valence-corrected chi connectivity index (χ3v) is 6.13. The van der Waals surface area contributed by atoms with Gasteiger partial charge in [-0.25, -0.2) is 4.79 Å². The summed E-state index contributed by atoms with van der Waals surface area (Å²) >= 11 is 8.67. The number of benzene rings is 1. The summed E-state index contributed by atoms with van der Waals surface area (Å²) in [7, 11) is 0. The molecule has 0 aliphatic carbocycles. The topological polar surface area (TPSA) is 110 Å². The summed E-state index contributed by atoms with van der Waals surface area (Å²) in [6.45, 7) is 5.67. The Hall–Kier alpha value is -1.84. The van der Waals surface area contributed by atoms with E-state index in [1.807, 2.05) is 39.0 Å². The summed E-state index contributed by atoms with van der Waals surface area (Å²) in [5, 5.41) is 14.2. The molecule has 0 bridgehead atoms. The highest BCUT2D eigenvalue weighted by atomic mass is 35.5. The van der Waals surface area contributed by atoms with Crippen LogP contribution in [0.15, 0.2) is 22.5 Å². The number of urea groups is 1. The quantitative estimate of drug-likeness (QED) is 0.640. The van der Waals surface area contributed by atoms with Crippen molar-refractivity contribution in [1.82, 2.24) is 15.5 Å². The zero-order valence-corrected chi connectivity index (χ0v) is 16.3. The van der Waals surface area contributed by atoms with Crippen LogP contribution in [0.1, 0.15) is 19.4 Å². The molecule has 0 saturated carbocycles. The second kappa shape index (κ2) is 8.50. The third-order valence-electron chi connectivity index (χ3n) is 3.25. The van der Waals surface area contributed by atoms with Crippen molar-refractivity contribution < 1.29 is 9.59 Å². The van der Waals surface area contributed by atoms with E-state index in [0.717, 1.165) is 11.3 Å². The predicted octanol–water partition coefficient (Wildman–Crippen LogP) is 3.56. The van der Waals surface area contributed by atoms with Gasteiger partial charge >= 0.3 is 6.03 Å². The smallest absolute Gasteiger partial charge is 0.318 e. The number of halogens is 1. The molecule has 2 aromatic rings. The molecule has 1 aromatic heterocycles. The van der Waals surface area contributed by atoms with Crippen LogP contribution in [0.4, 0.5) is 15.6 Å². The molecule has 4 N–H and O–H groups in total. The van der Waals surface area contributed by atoms with Crippen molar-refractivity contribution in [2.24, 2.45) is 11.7 Å². The molecule has 0 unspecified atom stereocenters. The SMILES string of the molecule is Cc1c(Cl)cccc1Nc1nnc(S[C@H](C(=O)NC(N)=O)C(C)C)s1. The van der Waals surface area contributed by atoms with Gasteiger partial charge in [0.2, 0.25) is 11.0 Å². The third kappa shape index (κ3) is 5.32. The second-order valence-electron chi connectivity index (χ2n) is 5.55. The van der Waals surface area contributed by atoms with E-state index in [2.05, 4.69) is 20.8 Å². The van der Waals surface area contributed by atoms with Crippen LogP contribution in [0.5, 0.6) is 0 Å². The van der Waals surface area contributed by atoms with Crippen LogP contribution < -0.4 is 16.4 Å². The van der Waals surface area contributed by atoms with Crippen molar-refractivity contribution in [3.63, 3.8) is 0 Å². The van der Waals surface area contributed by atoms with Gasteiger partial charge in [-0.1, -0.05) is 54.6 Å². The van der Waals surface area contributed by atoms with Gasteiger partial charge in [0.25, 0.3) is 0 Å². The first kappa shape index (κ1) is 19.5. The minimum absolute atomic E-state index is 0.0140. The number of nitrogens with one attached hydrogen (secondary N) is 2. The maximum Gasteiger partial charge on any atom is 0.318 e. The lowest BCUT2D eigenvalue weighted by Gasteiger charge is -2.16. The normalized spacial score (nSPS) is 12.0. The van der Waals surface area contributed by atoms with Gasteiger partial charge < -0.3 is 11.1 Å². The first-order valence-electron chi connectivity index (χ1n) is 7.40. The largest absolute Gasteiger partial charge is 0.351 e. The van der Waals surface area contributed by atoms with Crippen molar-refractivity contribution in [1.29, 1.82) is 0 Å². The standard InChI is InChI=1S/C15H18ClN5O2S2/c1-7(2)11(12(22)19-13(17)23)24-15-21-20-14(25-15)18-10-6-4-5-9(16)8(10)3/h4-7,11H,1-3H3,(H,18,20)(H3,17,19,22,23)/t11-/m0/s1. The van der Waals surface area contributed by atoms with Crippen LogP contribution in [0.2, 0.25) is 5.02 Å². The van der Waals surface area contributed by atoms with E-state index in [4.69, 9.17) is 17.3 Å². The molecule has 0 fully saturated rings. The molecule has 7 nitrogen and oxygen atoms in total. The van der Waals surface area contributed by atoms with Crippen molar-refractivity contribution in [2.75, 3.05) is 5.32 Å². The number of primary amides is 1. The fraction of sp³-hybridized carbons (Fsp3) is 0.333. The second-order valence-corrected chi connectivity index (χ2v) is 8.32. The number of carbonyl (C=O) groups excluding carboxylic acids is 2. The number of nitrogens with two attached hydrogens (primary N) is 1. The first-order chi connectivity index (χ1) is 11.8. The summed E-state index contributed by atoms with van der Waals surface area (Å²) < 4.78 is 0.612. The Bertz CT molecular complexity index is 781. The Morgan fingerprint density at radius 2 is 2.04 bits per heavy atom. The summed E-state index contributed by atoms with van der Waals surface area (Å²) in [5.41, 5.74) is 6.77. The molecule has 0 aliphatic rings. The number of rotatable bonds is 6. The summed E-state index contributed by atoms with van der Waals surface area (Å²) in [6.07, 6.45) is 0. The maximum atomic E-state index is 12.1. The van der Waals surface area contributed by atoms with E-state index < -0.39 is 17.2 Å². The summed E-state index contributed by atoms with van der Waals surface area (Å²) in [6, 6.07) is 4.69. The molecule has 1 atom stereocenters. The highest BCUT2D eigenvalue weighted by molar-refractivity contribution is 8.02. The van der Waals surface area contributed by atoms with Crippen molar-refractivity contribution >= 4 is 57.5 Å². The average molecular weight is 400 g/mol. The number of thioether (sulfide) groups is 1. The molecule has 134 valence electrons. The van der Waals surface area contributed by atoms with E-state index in [-0.39, 0.29) is 5.92 Å². The number of imide groups is 1. The summed E-state index contributed by atoms with van der Waals surface area (Å²) in [4.78, 5) is 23.0. The first-order valence-corrected chi connectivity index (χ1v) is 9.48. The van der Waals surface area contributed by atoms with Crippen molar-refractivity contribution in [3.05, 3.63) is 28.8 Å². The van der Waals surface area contributed by atoms with Gasteiger partial charge in [-0.2, -0.15) is 0 Å². The predicted molar refractivity (Wildman–Crippen MR) is 102 cm³/mol. The van der Waals surface area contributed by atoms with Crippen LogP contribution in [0.3, 0.4) is 0 Å². The lowest BCUT2D eigenvalue weighted by Crippen LogP contribution is -2.42. The molecular weight excluding hydrogens is 382 g/mol. The minimum atomic E-state index is -0.868. The molecule has 10 heteroatoms. The summed E-state index contributed by atoms with van der Waals surface area (Å²) in [5.74, 6) is -0.456. The Balaban J connectivity index is 2.10. The van der Waals surface area contributed by atoms with E-state index in [1.54, 1.807) is 0 Å². The lowest BCUT2D eigenvalue weighted by atomic mass is 10.1. The average Bonchev–Trinajstić information content (AvgIpc) is 2.95. The Labute approximate surface area is 158 Å². The lowest BCUT2D eigenvalue weighted by molar-refractivity contribution is -0.120. The molecule has 0 saturated heterocycles. The maximum absolute atomic E-state index is 12.1. The van der Waals surface area contributed by atoms with Crippen LogP contribution in [0.25, 0.3) is 0 Å². The van der Waals surface area contributed by atoms with E-state index in [0.29, 0.717) is 14.5 Å². The van der Waals surface area contributed by atoms with Crippen LogP contribution in [0, 0.1) is 12.8 Å². The molecular formula is C15H18ClN5O2S2. The van der Waals surface area contributed by atoms with Gasteiger partial charge in [0.15, 0.2) is 4.34 Å². The van der Waals surface area contributed by atoms with E-state index >= 15 is 0 Å². The Morgan fingerprint density at radius 1 is 1.32 bits per heavy atom. The van der Waals surface area contributed by atoms with Crippen LogP contribution in [-0.4, -0.2) is 27.4 Å². The molecule has 25 heavy (non-hydrogen) atoms. The van der Waals surface area contributed by atoms with Gasteiger partial charge in [-0.3, -0.25) is 10.1 Å². The van der Waals surface area contributed by atoms with Gasteiger partial charge in [-0.15, -0.1) is 10.2 Å². The number of nitrogens with zero attached hydrogens (tertiary/aromatic N) is 2. The molecule has 3 amide bonds. The highest BCUT2D eigenvalue weighted by Gasteiger charge is 2.26. The van der Waals surface area contributed by atoms with Gasteiger partial charge in [0.1, 0.15) is 0 Å². The minimum Gasteiger partial charge on any atom is -0.351 e. The number of hydrogen-bond acceptors (Lipinski definition) is 7. The fourth-order valence-corrected chi connectivity index (χ4v) is 4.11. The van der Waals surface area contributed by atoms with Crippen LogP contribution in [-0.2, 0) is 4.79 Å². The van der Waals surface area contributed by atoms with Gasteiger partial charge in [0.05, 0.1) is 5.25 Å². The van der Waals surface area contributed by atoms with E-state index in [9.17, 15) is 9.59 Å². The van der Waals surface area contributed by atoms with Crippen molar-refractivity contribution in [2.45, 2.75) is 30.4 Å².